The van der Waals surface area contributed by atoms with Crippen LogP contribution in [0.5, 0.6) is 0 Å². The van der Waals surface area contributed by atoms with E-state index in [-0.39, 0.29) is 17.1 Å². The third kappa shape index (κ3) is 2.74. The minimum absolute atomic E-state index is 0.0376. The molecule has 0 radical (unpaired) electrons. The summed E-state index contributed by atoms with van der Waals surface area (Å²) in [7, 11) is 0. The summed E-state index contributed by atoms with van der Waals surface area (Å²) < 4.78 is 0. The largest absolute Gasteiger partial charge is 0.361 e. The molecular weight excluding hydrogens is 246 g/mol. The molecule has 104 valence electrons. The van der Waals surface area contributed by atoms with Gasteiger partial charge in [0.15, 0.2) is 0 Å². The van der Waals surface area contributed by atoms with Gasteiger partial charge in [0.2, 0.25) is 11.8 Å². The minimum atomic E-state index is -0.428. The van der Waals surface area contributed by atoms with Crippen LogP contribution in [0, 0.1) is 22.5 Å². The predicted molar refractivity (Wildman–Crippen MR) is 73.4 cm³/mol. The van der Waals surface area contributed by atoms with Gasteiger partial charge in [0, 0.05) is 12.6 Å². The zero-order valence-electron chi connectivity index (χ0n) is 11.6. The van der Waals surface area contributed by atoms with Crippen molar-refractivity contribution in [3.8, 4) is 0 Å². The summed E-state index contributed by atoms with van der Waals surface area (Å²) in [4.78, 5) is 19.0. The standard InChI is InChI=1S/C12H19N5O2/c1-5-13-11-14-7(2)9(17(18)19)10(16-11)15-8-6-12(8,3)4/h8H,5-6H2,1-4H3,(H2,13,14,15,16). The Labute approximate surface area is 112 Å². The number of nitro groups is 1. The first-order valence-corrected chi connectivity index (χ1v) is 6.38. The summed E-state index contributed by atoms with van der Waals surface area (Å²) in [5.74, 6) is 0.732. The SMILES string of the molecule is CCNc1nc(C)c([N+](=O)[O-])c(NC2CC2(C)C)n1. The molecule has 1 heterocycles. The van der Waals surface area contributed by atoms with Gasteiger partial charge in [-0.2, -0.15) is 4.98 Å². The van der Waals surface area contributed by atoms with Gasteiger partial charge in [-0.3, -0.25) is 10.1 Å². The average Bonchev–Trinajstić information content (AvgIpc) is 2.84. The number of rotatable bonds is 5. The van der Waals surface area contributed by atoms with E-state index in [9.17, 15) is 10.1 Å². The normalized spacial score (nSPS) is 19.9. The van der Waals surface area contributed by atoms with E-state index in [4.69, 9.17) is 0 Å². The maximum absolute atomic E-state index is 11.1. The molecule has 2 N–H and O–H groups in total. The molecule has 1 aromatic rings. The zero-order valence-corrected chi connectivity index (χ0v) is 11.6. The number of aromatic nitrogens is 2. The third-order valence-electron chi connectivity index (χ3n) is 3.40. The first kappa shape index (κ1) is 13.5. The van der Waals surface area contributed by atoms with Gasteiger partial charge in [0.25, 0.3) is 0 Å². The van der Waals surface area contributed by atoms with Crippen molar-refractivity contribution >= 4 is 17.5 Å². The predicted octanol–water partition coefficient (Wildman–Crippen LogP) is 2.34. The second kappa shape index (κ2) is 4.64. The molecular formula is C12H19N5O2. The quantitative estimate of drug-likeness (QED) is 0.627. The van der Waals surface area contributed by atoms with Gasteiger partial charge in [0.1, 0.15) is 5.69 Å². The van der Waals surface area contributed by atoms with Crippen molar-refractivity contribution in [3.05, 3.63) is 15.8 Å². The first-order valence-electron chi connectivity index (χ1n) is 6.38. The van der Waals surface area contributed by atoms with E-state index >= 15 is 0 Å². The van der Waals surface area contributed by atoms with E-state index in [0.29, 0.717) is 24.0 Å². The fourth-order valence-corrected chi connectivity index (χ4v) is 2.00. The molecule has 0 aliphatic heterocycles. The molecule has 2 rings (SSSR count). The van der Waals surface area contributed by atoms with E-state index in [1.165, 1.54) is 0 Å². The Morgan fingerprint density at radius 3 is 2.58 bits per heavy atom. The highest BCUT2D eigenvalue weighted by atomic mass is 16.6. The maximum atomic E-state index is 11.1. The Kier molecular flexibility index (Phi) is 3.30. The van der Waals surface area contributed by atoms with Crippen LogP contribution in [0.15, 0.2) is 0 Å². The average molecular weight is 265 g/mol. The molecule has 7 heteroatoms. The summed E-state index contributed by atoms with van der Waals surface area (Å²) in [5, 5.41) is 17.3. The smallest absolute Gasteiger partial charge is 0.332 e. The highest BCUT2D eigenvalue weighted by Gasteiger charge is 2.46. The van der Waals surface area contributed by atoms with Crippen molar-refractivity contribution in [2.75, 3.05) is 17.2 Å². The Bertz CT molecular complexity index is 515. The Morgan fingerprint density at radius 2 is 2.11 bits per heavy atom. The topological polar surface area (TPSA) is 93.0 Å². The molecule has 0 spiro atoms. The molecule has 1 saturated carbocycles. The Hall–Kier alpha value is -1.92. The highest BCUT2D eigenvalue weighted by Crippen LogP contribution is 2.47. The lowest BCUT2D eigenvalue weighted by Crippen LogP contribution is -2.14. The molecule has 0 bridgehead atoms. The van der Waals surface area contributed by atoms with Gasteiger partial charge < -0.3 is 10.6 Å². The Morgan fingerprint density at radius 1 is 1.47 bits per heavy atom. The summed E-state index contributed by atoms with van der Waals surface area (Å²) in [6, 6.07) is 0.231. The summed E-state index contributed by atoms with van der Waals surface area (Å²) in [6.45, 7) is 8.47. The van der Waals surface area contributed by atoms with Crippen molar-refractivity contribution < 1.29 is 4.92 Å². The van der Waals surface area contributed by atoms with Crippen molar-refractivity contribution in [2.45, 2.75) is 40.2 Å². The number of nitrogens with one attached hydrogen (secondary N) is 2. The van der Waals surface area contributed by atoms with E-state index in [0.717, 1.165) is 6.42 Å². The van der Waals surface area contributed by atoms with Crippen molar-refractivity contribution in [2.24, 2.45) is 5.41 Å². The number of anilines is 2. The van der Waals surface area contributed by atoms with E-state index in [1.54, 1.807) is 6.92 Å². The monoisotopic (exact) mass is 265 g/mol. The van der Waals surface area contributed by atoms with Crippen molar-refractivity contribution in [3.63, 3.8) is 0 Å². The van der Waals surface area contributed by atoms with Crippen LogP contribution in [0.3, 0.4) is 0 Å². The minimum Gasteiger partial charge on any atom is -0.361 e. The second-order valence-electron chi connectivity index (χ2n) is 5.51. The van der Waals surface area contributed by atoms with Gasteiger partial charge in [0.05, 0.1) is 4.92 Å². The fraction of sp³-hybridized carbons (Fsp3) is 0.667. The Balaban J connectivity index is 2.34. The van der Waals surface area contributed by atoms with Gasteiger partial charge in [-0.05, 0) is 25.7 Å². The number of aryl methyl sites for hydroxylation is 1. The highest BCUT2D eigenvalue weighted by molar-refractivity contribution is 5.62. The van der Waals surface area contributed by atoms with Gasteiger partial charge in [-0.1, -0.05) is 13.8 Å². The molecule has 1 fully saturated rings. The number of nitrogens with zero attached hydrogens (tertiary/aromatic N) is 3. The zero-order chi connectivity index (χ0) is 14.2. The molecule has 1 aliphatic rings. The van der Waals surface area contributed by atoms with Crippen LogP contribution < -0.4 is 10.6 Å². The number of hydrogen-bond acceptors (Lipinski definition) is 6. The van der Waals surface area contributed by atoms with Crippen LogP contribution in [0.1, 0.15) is 32.9 Å². The summed E-state index contributed by atoms with van der Waals surface area (Å²) in [6.07, 6.45) is 0.990. The van der Waals surface area contributed by atoms with Gasteiger partial charge in [-0.15, -0.1) is 0 Å². The molecule has 7 nitrogen and oxygen atoms in total. The molecule has 0 saturated heterocycles. The molecule has 0 aromatic carbocycles. The first-order chi connectivity index (χ1) is 8.85. The van der Waals surface area contributed by atoms with Crippen LogP contribution in [-0.2, 0) is 0 Å². The summed E-state index contributed by atoms with van der Waals surface area (Å²) in [5.41, 5.74) is 0.506. The van der Waals surface area contributed by atoms with Crippen LogP contribution in [0.2, 0.25) is 0 Å². The third-order valence-corrected chi connectivity index (χ3v) is 3.40. The molecule has 1 unspecified atom stereocenters. The number of hydrogen-bond donors (Lipinski definition) is 2. The van der Waals surface area contributed by atoms with Gasteiger partial charge >= 0.3 is 5.69 Å². The van der Waals surface area contributed by atoms with Gasteiger partial charge in [-0.25, -0.2) is 4.98 Å². The van der Waals surface area contributed by atoms with E-state index in [2.05, 4.69) is 34.4 Å². The summed E-state index contributed by atoms with van der Waals surface area (Å²) >= 11 is 0. The molecule has 1 atom stereocenters. The second-order valence-corrected chi connectivity index (χ2v) is 5.51. The van der Waals surface area contributed by atoms with Crippen LogP contribution in [0.25, 0.3) is 0 Å². The van der Waals surface area contributed by atoms with Crippen LogP contribution >= 0.6 is 0 Å². The lowest BCUT2D eigenvalue weighted by Gasteiger charge is -2.11. The van der Waals surface area contributed by atoms with Crippen molar-refractivity contribution in [1.29, 1.82) is 0 Å². The molecule has 1 aliphatic carbocycles. The van der Waals surface area contributed by atoms with Crippen LogP contribution in [-0.4, -0.2) is 27.5 Å². The molecule has 19 heavy (non-hydrogen) atoms. The van der Waals surface area contributed by atoms with E-state index in [1.807, 2.05) is 6.92 Å². The van der Waals surface area contributed by atoms with Crippen LogP contribution in [0.4, 0.5) is 17.5 Å². The lowest BCUT2D eigenvalue weighted by molar-refractivity contribution is -0.385. The van der Waals surface area contributed by atoms with E-state index < -0.39 is 4.92 Å². The lowest BCUT2D eigenvalue weighted by atomic mass is 10.2. The molecule has 0 amide bonds. The maximum Gasteiger partial charge on any atom is 0.332 e. The van der Waals surface area contributed by atoms with Crippen molar-refractivity contribution in [1.82, 2.24) is 9.97 Å². The molecule has 1 aromatic heterocycles. The fourth-order valence-electron chi connectivity index (χ4n) is 2.00.